The van der Waals surface area contributed by atoms with Gasteiger partial charge in [-0.1, -0.05) is 17.7 Å². The van der Waals surface area contributed by atoms with Crippen molar-refractivity contribution < 1.29 is 4.79 Å². The Morgan fingerprint density at radius 3 is 2.71 bits per heavy atom. The Hall–Kier alpha value is -2.93. The van der Waals surface area contributed by atoms with E-state index in [-0.39, 0.29) is 18.0 Å². The minimum atomic E-state index is 0.102. The van der Waals surface area contributed by atoms with Gasteiger partial charge in [0.1, 0.15) is 11.6 Å². The Morgan fingerprint density at radius 1 is 1.19 bits per heavy atom. The van der Waals surface area contributed by atoms with E-state index in [9.17, 15) is 4.79 Å². The van der Waals surface area contributed by atoms with Crippen molar-refractivity contribution in [3.8, 4) is 0 Å². The van der Waals surface area contributed by atoms with E-state index in [0.717, 1.165) is 55.3 Å². The quantitative estimate of drug-likeness (QED) is 0.613. The van der Waals surface area contributed by atoms with Crippen LogP contribution in [0.1, 0.15) is 47.6 Å². The molecule has 31 heavy (non-hydrogen) atoms. The lowest BCUT2D eigenvalue weighted by Crippen LogP contribution is -2.47. The fraction of sp³-hybridized carbons (Fsp3) is 0.391. The monoisotopic (exact) mass is 436 g/mol. The van der Waals surface area contributed by atoms with Crippen LogP contribution in [0.4, 0.5) is 11.6 Å². The maximum absolute atomic E-state index is 13.1. The molecule has 8 heteroatoms. The molecule has 2 aliphatic heterocycles. The van der Waals surface area contributed by atoms with Crippen molar-refractivity contribution in [2.75, 3.05) is 5.32 Å². The lowest BCUT2D eigenvalue weighted by Gasteiger charge is -2.39. The number of H-pyrrole nitrogens is 1. The minimum absolute atomic E-state index is 0.102. The highest BCUT2D eigenvalue weighted by Crippen LogP contribution is 2.40. The second-order valence-electron chi connectivity index (χ2n) is 8.57. The fourth-order valence-electron chi connectivity index (χ4n) is 5.00. The summed E-state index contributed by atoms with van der Waals surface area (Å²) in [5, 5.41) is 10.9. The zero-order chi connectivity index (χ0) is 21.4. The number of hydrogen-bond donors (Lipinski definition) is 2. The van der Waals surface area contributed by atoms with Crippen molar-refractivity contribution in [1.29, 1.82) is 0 Å². The first-order valence-electron chi connectivity index (χ1n) is 10.7. The molecule has 2 bridgehead atoms. The van der Waals surface area contributed by atoms with Crippen LogP contribution >= 0.6 is 11.6 Å². The molecule has 2 N–H and O–H groups in total. The van der Waals surface area contributed by atoms with Crippen molar-refractivity contribution >= 4 is 29.1 Å². The van der Waals surface area contributed by atoms with Gasteiger partial charge in [0, 0.05) is 47.0 Å². The van der Waals surface area contributed by atoms with Crippen LogP contribution in [0.25, 0.3) is 0 Å². The van der Waals surface area contributed by atoms with E-state index in [1.807, 2.05) is 31.2 Å². The summed E-state index contributed by atoms with van der Waals surface area (Å²) in [4.78, 5) is 24.4. The van der Waals surface area contributed by atoms with Crippen LogP contribution in [-0.4, -0.2) is 43.1 Å². The van der Waals surface area contributed by atoms with E-state index in [0.29, 0.717) is 16.5 Å². The third kappa shape index (κ3) is 4.28. The molecule has 0 aliphatic carbocycles. The summed E-state index contributed by atoms with van der Waals surface area (Å²) < 4.78 is 0. The maximum atomic E-state index is 13.1. The topological polar surface area (TPSA) is 86.8 Å². The number of carbonyl (C=O) groups excluding carboxylic acids is 1. The number of fused-ring (bicyclic) bond motifs is 2. The van der Waals surface area contributed by atoms with Crippen LogP contribution in [-0.2, 0) is 6.42 Å². The lowest BCUT2D eigenvalue weighted by molar-refractivity contribution is 0.0523. The Bertz CT molecular complexity index is 1080. The number of aromatic amines is 1. The smallest absolute Gasteiger partial charge is 0.254 e. The van der Waals surface area contributed by atoms with Crippen molar-refractivity contribution in [3.63, 3.8) is 0 Å². The molecule has 0 radical (unpaired) electrons. The van der Waals surface area contributed by atoms with Gasteiger partial charge in [-0.3, -0.25) is 9.89 Å². The molecule has 2 atom stereocenters. The highest BCUT2D eigenvalue weighted by atomic mass is 35.5. The number of anilines is 2. The number of rotatable bonds is 5. The standard InChI is InChI=1S/C23H25ClN6O/c1-14-9-22(29-28-14)27-20-7-8-25-21(26-20)12-15-10-18-5-6-19(11-15)30(18)23(31)16-3-2-4-17(24)13-16/h2-4,7-9,13,15,18-19H,5-6,10-12H2,1H3,(H2,25,26,27,28,29). The number of halogens is 1. The van der Waals surface area contributed by atoms with Gasteiger partial charge < -0.3 is 10.2 Å². The number of piperidine rings is 1. The Kier molecular flexibility index (Phi) is 5.36. The highest BCUT2D eigenvalue weighted by Gasteiger charge is 2.43. The normalized spacial score (nSPS) is 22.5. The summed E-state index contributed by atoms with van der Waals surface area (Å²) in [5.41, 5.74) is 1.67. The predicted octanol–water partition coefficient (Wildman–Crippen LogP) is 4.53. The average molecular weight is 437 g/mol. The molecule has 2 unspecified atom stereocenters. The van der Waals surface area contributed by atoms with Gasteiger partial charge in [0.2, 0.25) is 0 Å². The van der Waals surface area contributed by atoms with Gasteiger partial charge in [0.25, 0.3) is 5.91 Å². The zero-order valence-electron chi connectivity index (χ0n) is 17.4. The molecule has 1 amide bonds. The van der Waals surface area contributed by atoms with Crippen molar-refractivity contribution in [2.24, 2.45) is 5.92 Å². The maximum Gasteiger partial charge on any atom is 0.254 e. The van der Waals surface area contributed by atoms with E-state index in [2.05, 4.69) is 30.4 Å². The largest absolute Gasteiger partial charge is 0.333 e. The molecule has 5 rings (SSSR count). The third-order valence-electron chi connectivity index (χ3n) is 6.28. The number of amides is 1. The van der Waals surface area contributed by atoms with Crippen LogP contribution < -0.4 is 5.32 Å². The molecule has 0 spiro atoms. The van der Waals surface area contributed by atoms with Gasteiger partial charge in [-0.05, 0) is 62.8 Å². The molecule has 4 heterocycles. The molecule has 2 fully saturated rings. The number of nitrogens with one attached hydrogen (secondary N) is 2. The van der Waals surface area contributed by atoms with Crippen LogP contribution in [0.15, 0.2) is 42.6 Å². The molecule has 2 aliphatic rings. The van der Waals surface area contributed by atoms with Crippen molar-refractivity contribution in [1.82, 2.24) is 25.1 Å². The molecule has 7 nitrogen and oxygen atoms in total. The molecule has 1 aromatic carbocycles. The second kappa shape index (κ2) is 8.30. The highest BCUT2D eigenvalue weighted by molar-refractivity contribution is 6.30. The van der Waals surface area contributed by atoms with Gasteiger partial charge in [0.05, 0.1) is 0 Å². The van der Waals surface area contributed by atoms with Crippen LogP contribution in [0.5, 0.6) is 0 Å². The summed E-state index contributed by atoms with van der Waals surface area (Å²) in [6.07, 6.45) is 6.71. The van der Waals surface area contributed by atoms with E-state index in [1.54, 1.807) is 18.3 Å². The molecule has 160 valence electrons. The molecule has 2 aromatic heterocycles. The summed E-state index contributed by atoms with van der Waals surface area (Å²) in [6, 6.07) is 11.6. The molecular weight excluding hydrogens is 412 g/mol. The number of hydrogen-bond acceptors (Lipinski definition) is 5. The number of benzene rings is 1. The number of aromatic nitrogens is 4. The van der Waals surface area contributed by atoms with Gasteiger partial charge in [-0.25, -0.2) is 9.97 Å². The first kappa shape index (κ1) is 20.0. The van der Waals surface area contributed by atoms with Crippen molar-refractivity contribution in [3.05, 3.63) is 64.7 Å². The molecule has 2 saturated heterocycles. The number of carbonyl (C=O) groups is 1. The minimum Gasteiger partial charge on any atom is -0.333 e. The third-order valence-corrected chi connectivity index (χ3v) is 6.51. The molecule has 3 aromatic rings. The Morgan fingerprint density at radius 2 is 2.00 bits per heavy atom. The van der Waals surface area contributed by atoms with E-state index < -0.39 is 0 Å². The first-order valence-corrected chi connectivity index (χ1v) is 11.1. The predicted molar refractivity (Wildman–Crippen MR) is 119 cm³/mol. The average Bonchev–Trinajstić information content (AvgIpc) is 3.27. The summed E-state index contributed by atoms with van der Waals surface area (Å²) in [7, 11) is 0. The zero-order valence-corrected chi connectivity index (χ0v) is 18.1. The van der Waals surface area contributed by atoms with E-state index in [1.165, 1.54) is 0 Å². The van der Waals surface area contributed by atoms with Gasteiger partial charge >= 0.3 is 0 Å². The van der Waals surface area contributed by atoms with Crippen molar-refractivity contribution in [2.45, 2.75) is 51.1 Å². The van der Waals surface area contributed by atoms with E-state index >= 15 is 0 Å². The first-order chi connectivity index (χ1) is 15.0. The Labute approximate surface area is 186 Å². The van der Waals surface area contributed by atoms with Crippen LogP contribution in [0, 0.1) is 12.8 Å². The van der Waals surface area contributed by atoms with Crippen LogP contribution in [0.3, 0.4) is 0 Å². The lowest BCUT2D eigenvalue weighted by atomic mass is 9.87. The molecular formula is C23H25ClN6O. The fourth-order valence-corrected chi connectivity index (χ4v) is 5.19. The van der Waals surface area contributed by atoms with Gasteiger partial charge in [-0.15, -0.1) is 0 Å². The SMILES string of the molecule is Cc1cc(Nc2ccnc(CC3CC4CCC(C3)N4C(=O)c3cccc(Cl)c3)n2)n[nH]1. The van der Waals surface area contributed by atoms with E-state index in [4.69, 9.17) is 11.6 Å². The summed E-state index contributed by atoms with van der Waals surface area (Å²) in [5.74, 6) is 2.89. The Balaban J connectivity index is 1.25. The van der Waals surface area contributed by atoms with Gasteiger partial charge in [0.15, 0.2) is 5.82 Å². The summed E-state index contributed by atoms with van der Waals surface area (Å²) in [6.45, 7) is 1.96. The number of aryl methyl sites for hydroxylation is 1. The van der Waals surface area contributed by atoms with Crippen LogP contribution in [0.2, 0.25) is 5.02 Å². The molecule has 0 saturated carbocycles. The number of nitrogens with zero attached hydrogens (tertiary/aromatic N) is 4. The van der Waals surface area contributed by atoms with Gasteiger partial charge in [-0.2, -0.15) is 5.10 Å². The summed E-state index contributed by atoms with van der Waals surface area (Å²) >= 11 is 6.10. The second-order valence-corrected chi connectivity index (χ2v) is 9.01.